The molecule has 1 heterocycles. The molecule has 10 heteroatoms. The van der Waals surface area contributed by atoms with Crippen LogP contribution in [-0.2, 0) is 10.0 Å². The molecule has 0 bridgehead atoms. The van der Waals surface area contributed by atoms with Crippen molar-refractivity contribution in [3.05, 3.63) is 23.2 Å². The molecule has 2 N–H and O–H groups in total. The third kappa shape index (κ3) is 6.92. The Balaban J connectivity index is 0.00000264. The van der Waals surface area contributed by atoms with Crippen LogP contribution in [0.3, 0.4) is 0 Å². The minimum Gasteiger partial charge on any atom is -0.495 e. The van der Waals surface area contributed by atoms with Crippen molar-refractivity contribution in [1.29, 1.82) is 0 Å². The third-order valence-electron chi connectivity index (χ3n) is 3.59. The fourth-order valence-corrected chi connectivity index (χ4v) is 3.76. The summed E-state index contributed by atoms with van der Waals surface area (Å²) in [4.78, 5) is 2.48. The third-order valence-corrected chi connectivity index (χ3v) is 5.34. The van der Waals surface area contributed by atoms with Crippen LogP contribution in [0.15, 0.2) is 23.1 Å². The van der Waals surface area contributed by atoms with Gasteiger partial charge in [0, 0.05) is 32.7 Å². The first kappa shape index (κ1) is 23.7. The fourth-order valence-electron chi connectivity index (χ4n) is 2.34. The molecular formula is C14H24Cl3N3O3S. The van der Waals surface area contributed by atoms with Crippen molar-refractivity contribution < 1.29 is 13.2 Å². The predicted molar refractivity (Wildman–Crippen MR) is 102 cm³/mol. The standard InChI is InChI=1S/C14H22ClN3O3S.2ClH/c1-21-14-4-3-12(11-13(14)15)22(19,20)17-5-2-8-18-9-6-16-7-10-18;;/h3-4,11,16-17H,2,5-10H2,1H3;2*1H. The minimum atomic E-state index is -3.53. The second kappa shape index (κ2) is 11.4. The van der Waals surface area contributed by atoms with E-state index in [-0.39, 0.29) is 34.7 Å². The SMILES string of the molecule is COc1ccc(S(=O)(=O)NCCCN2CCNCC2)cc1Cl.Cl.Cl. The summed E-state index contributed by atoms with van der Waals surface area (Å²) in [6.45, 7) is 5.33. The molecule has 0 atom stereocenters. The van der Waals surface area contributed by atoms with E-state index in [4.69, 9.17) is 16.3 Å². The number of sulfonamides is 1. The smallest absolute Gasteiger partial charge is 0.240 e. The van der Waals surface area contributed by atoms with Crippen LogP contribution < -0.4 is 14.8 Å². The summed E-state index contributed by atoms with van der Waals surface area (Å²) in [6, 6.07) is 4.44. The van der Waals surface area contributed by atoms with Gasteiger partial charge in [-0.3, -0.25) is 0 Å². The topological polar surface area (TPSA) is 70.7 Å². The number of hydrogen-bond acceptors (Lipinski definition) is 5. The number of nitrogens with zero attached hydrogens (tertiary/aromatic N) is 1. The van der Waals surface area contributed by atoms with Gasteiger partial charge in [-0.2, -0.15) is 0 Å². The quantitative estimate of drug-likeness (QED) is 0.658. The molecule has 1 saturated heterocycles. The van der Waals surface area contributed by atoms with Crippen LogP contribution in [0.5, 0.6) is 5.75 Å². The van der Waals surface area contributed by atoms with Gasteiger partial charge in [0.25, 0.3) is 0 Å². The van der Waals surface area contributed by atoms with Crippen LogP contribution >= 0.6 is 36.4 Å². The van der Waals surface area contributed by atoms with Gasteiger partial charge in [0.2, 0.25) is 10.0 Å². The molecule has 0 aliphatic carbocycles. The van der Waals surface area contributed by atoms with Gasteiger partial charge in [-0.25, -0.2) is 13.1 Å². The molecule has 2 rings (SSSR count). The minimum absolute atomic E-state index is 0. The summed E-state index contributed by atoms with van der Waals surface area (Å²) in [7, 11) is -2.04. The molecule has 0 spiro atoms. The summed E-state index contributed by atoms with van der Waals surface area (Å²) in [5.41, 5.74) is 0. The highest BCUT2D eigenvalue weighted by atomic mass is 35.5. The molecule has 140 valence electrons. The maximum atomic E-state index is 12.2. The van der Waals surface area contributed by atoms with E-state index in [0.717, 1.165) is 39.1 Å². The van der Waals surface area contributed by atoms with Crippen LogP contribution in [-0.4, -0.2) is 59.7 Å². The lowest BCUT2D eigenvalue weighted by Crippen LogP contribution is -2.44. The molecular weight excluding hydrogens is 397 g/mol. The highest BCUT2D eigenvalue weighted by Gasteiger charge is 2.16. The van der Waals surface area contributed by atoms with Crippen LogP contribution in [0.4, 0.5) is 0 Å². The van der Waals surface area contributed by atoms with Gasteiger partial charge >= 0.3 is 0 Å². The van der Waals surface area contributed by atoms with E-state index in [9.17, 15) is 8.42 Å². The lowest BCUT2D eigenvalue weighted by molar-refractivity contribution is 0.239. The van der Waals surface area contributed by atoms with Crippen LogP contribution in [0, 0.1) is 0 Å². The Morgan fingerprint density at radius 3 is 2.54 bits per heavy atom. The highest BCUT2D eigenvalue weighted by Crippen LogP contribution is 2.26. The van der Waals surface area contributed by atoms with Gasteiger partial charge < -0.3 is 15.0 Å². The Kier molecular flexibility index (Phi) is 11.2. The Bertz CT molecular complexity index is 596. The van der Waals surface area contributed by atoms with E-state index in [1.54, 1.807) is 6.07 Å². The van der Waals surface area contributed by atoms with E-state index >= 15 is 0 Å². The second-order valence-corrected chi connectivity index (χ2v) is 7.31. The van der Waals surface area contributed by atoms with Crippen LogP contribution in [0.25, 0.3) is 0 Å². The van der Waals surface area contributed by atoms with Crippen LogP contribution in [0.2, 0.25) is 5.02 Å². The molecule has 6 nitrogen and oxygen atoms in total. The number of nitrogens with one attached hydrogen (secondary N) is 2. The Hall–Kier alpha value is -0.280. The molecule has 24 heavy (non-hydrogen) atoms. The van der Waals surface area contributed by atoms with Crippen molar-refractivity contribution in [3.63, 3.8) is 0 Å². The molecule has 1 aliphatic heterocycles. The maximum absolute atomic E-state index is 12.2. The Morgan fingerprint density at radius 2 is 1.96 bits per heavy atom. The molecule has 0 amide bonds. The average molecular weight is 421 g/mol. The van der Waals surface area contributed by atoms with Crippen molar-refractivity contribution >= 4 is 46.4 Å². The molecule has 0 unspecified atom stereocenters. The monoisotopic (exact) mass is 419 g/mol. The predicted octanol–water partition coefficient (Wildman–Crippen LogP) is 1.77. The lowest BCUT2D eigenvalue weighted by Gasteiger charge is -2.27. The highest BCUT2D eigenvalue weighted by molar-refractivity contribution is 7.89. The average Bonchev–Trinajstić information content (AvgIpc) is 2.52. The Morgan fingerprint density at radius 1 is 1.29 bits per heavy atom. The second-order valence-electron chi connectivity index (χ2n) is 5.14. The van der Waals surface area contributed by atoms with Gasteiger partial charge in [-0.05, 0) is 31.2 Å². The van der Waals surface area contributed by atoms with E-state index in [1.807, 2.05) is 0 Å². The fraction of sp³-hybridized carbons (Fsp3) is 0.571. The summed E-state index contributed by atoms with van der Waals surface area (Å²) in [5.74, 6) is 0.458. The zero-order chi connectivity index (χ0) is 16.0. The van der Waals surface area contributed by atoms with Gasteiger partial charge in [0.15, 0.2) is 0 Å². The number of halogens is 3. The molecule has 1 aromatic carbocycles. The number of hydrogen-bond donors (Lipinski definition) is 2. The van der Waals surface area contributed by atoms with Gasteiger partial charge in [0.05, 0.1) is 17.0 Å². The van der Waals surface area contributed by atoms with Crippen LogP contribution in [0.1, 0.15) is 6.42 Å². The first-order valence-corrected chi connectivity index (χ1v) is 9.15. The number of piperazine rings is 1. The summed E-state index contributed by atoms with van der Waals surface area (Å²) in [5, 5.41) is 3.57. The van der Waals surface area contributed by atoms with Gasteiger partial charge in [-0.15, -0.1) is 24.8 Å². The normalized spacial score (nSPS) is 15.2. The van der Waals surface area contributed by atoms with Crippen molar-refractivity contribution in [2.45, 2.75) is 11.3 Å². The molecule has 1 fully saturated rings. The van der Waals surface area contributed by atoms with Crippen molar-refractivity contribution in [3.8, 4) is 5.75 Å². The van der Waals surface area contributed by atoms with E-state index in [1.165, 1.54) is 19.2 Å². The zero-order valence-corrected chi connectivity index (χ0v) is 16.7. The van der Waals surface area contributed by atoms with E-state index in [0.29, 0.717) is 12.3 Å². The van der Waals surface area contributed by atoms with E-state index < -0.39 is 10.0 Å². The largest absolute Gasteiger partial charge is 0.495 e. The summed E-state index contributed by atoms with van der Waals surface area (Å²) < 4.78 is 32.0. The summed E-state index contributed by atoms with van der Waals surface area (Å²) in [6.07, 6.45) is 0.781. The van der Waals surface area contributed by atoms with Crippen molar-refractivity contribution in [2.24, 2.45) is 0 Å². The molecule has 0 saturated carbocycles. The lowest BCUT2D eigenvalue weighted by atomic mass is 10.3. The summed E-state index contributed by atoms with van der Waals surface area (Å²) >= 11 is 5.97. The van der Waals surface area contributed by atoms with E-state index in [2.05, 4.69) is 14.9 Å². The Labute approximate surface area is 161 Å². The number of benzene rings is 1. The number of methoxy groups -OCH3 is 1. The van der Waals surface area contributed by atoms with Gasteiger partial charge in [-0.1, -0.05) is 11.6 Å². The molecule has 0 radical (unpaired) electrons. The number of rotatable bonds is 7. The molecule has 1 aromatic rings. The molecule has 1 aliphatic rings. The molecule has 0 aromatic heterocycles. The zero-order valence-electron chi connectivity index (χ0n) is 13.5. The maximum Gasteiger partial charge on any atom is 0.240 e. The van der Waals surface area contributed by atoms with Crippen molar-refractivity contribution in [1.82, 2.24) is 14.9 Å². The number of ether oxygens (including phenoxy) is 1. The van der Waals surface area contributed by atoms with Crippen molar-refractivity contribution in [2.75, 3.05) is 46.4 Å². The first-order chi connectivity index (χ1) is 10.5. The van der Waals surface area contributed by atoms with Gasteiger partial charge in [0.1, 0.15) is 5.75 Å². The first-order valence-electron chi connectivity index (χ1n) is 7.29.